The highest BCUT2D eigenvalue weighted by Gasteiger charge is 2.44. The van der Waals surface area contributed by atoms with Crippen LogP contribution in [0.15, 0.2) is 0 Å². The van der Waals surface area contributed by atoms with Gasteiger partial charge in [-0.15, -0.1) is 0 Å². The van der Waals surface area contributed by atoms with Crippen molar-refractivity contribution in [2.24, 2.45) is 11.8 Å². The zero-order valence-electron chi connectivity index (χ0n) is 8.57. The predicted octanol–water partition coefficient (Wildman–Crippen LogP) is 2.81. The van der Waals surface area contributed by atoms with Gasteiger partial charge in [-0.2, -0.15) is 0 Å². The summed E-state index contributed by atoms with van der Waals surface area (Å²) in [7, 11) is 0. The monoisotopic (exact) mass is 203 g/mol. The number of hydrogen-bond donors (Lipinski definition) is 1. The number of hydrogen-bond acceptors (Lipinski definition) is 1. The van der Waals surface area contributed by atoms with E-state index in [1.807, 2.05) is 0 Å². The molecule has 0 aromatic carbocycles. The van der Waals surface area contributed by atoms with E-state index in [0.29, 0.717) is 5.92 Å². The summed E-state index contributed by atoms with van der Waals surface area (Å²) in [5.41, 5.74) is 0. The van der Waals surface area contributed by atoms with Crippen molar-refractivity contribution in [2.75, 3.05) is 13.1 Å². The number of rotatable bonds is 2. The average Bonchev–Trinajstić information content (AvgIpc) is 2.48. The maximum Gasteiger partial charge on any atom is 0.250 e. The Bertz CT molecular complexity index is 188. The molecule has 2 fully saturated rings. The Balaban J connectivity index is 1.83. The SMILES string of the molecule is FC1(F)CCCC1CC1CCCNC1. The molecule has 0 aromatic rings. The van der Waals surface area contributed by atoms with E-state index in [4.69, 9.17) is 0 Å². The molecule has 2 rings (SSSR count). The zero-order chi connectivity index (χ0) is 10.0. The highest BCUT2D eigenvalue weighted by atomic mass is 19.3. The highest BCUT2D eigenvalue weighted by Crippen LogP contribution is 2.44. The van der Waals surface area contributed by atoms with Gasteiger partial charge in [0.15, 0.2) is 0 Å². The van der Waals surface area contributed by atoms with Gasteiger partial charge in [0.1, 0.15) is 0 Å². The van der Waals surface area contributed by atoms with Crippen LogP contribution in [0, 0.1) is 11.8 Å². The summed E-state index contributed by atoms with van der Waals surface area (Å²) < 4.78 is 26.7. The Morgan fingerprint density at radius 3 is 2.64 bits per heavy atom. The lowest BCUT2D eigenvalue weighted by Crippen LogP contribution is -2.33. The first-order valence-electron chi connectivity index (χ1n) is 5.77. The lowest BCUT2D eigenvalue weighted by Gasteiger charge is -2.27. The van der Waals surface area contributed by atoms with Crippen LogP contribution in [0.1, 0.15) is 38.5 Å². The second-order valence-corrected chi connectivity index (χ2v) is 4.80. The van der Waals surface area contributed by atoms with Crippen LogP contribution in [-0.4, -0.2) is 19.0 Å². The van der Waals surface area contributed by atoms with Crippen LogP contribution >= 0.6 is 0 Å². The second kappa shape index (κ2) is 4.13. The van der Waals surface area contributed by atoms with Gasteiger partial charge >= 0.3 is 0 Å². The van der Waals surface area contributed by atoms with E-state index >= 15 is 0 Å². The predicted molar refractivity (Wildman–Crippen MR) is 52.5 cm³/mol. The van der Waals surface area contributed by atoms with Gasteiger partial charge in [0.2, 0.25) is 0 Å². The van der Waals surface area contributed by atoms with E-state index < -0.39 is 5.92 Å². The molecule has 1 aliphatic carbocycles. The third-order valence-corrected chi connectivity index (χ3v) is 3.68. The Labute approximate surface area is 84.3 Å². The van der Waals surface area contributed by atoms with Crippen LogP contribution in [0.5, 0.6) is 0 Å². The summed E-state index contributed by atoms with van der Waals surface area (Å²) >= 11 is 0. The van der Waals surface area contributed by atoms with Crippen molar-refractivity contribution in [1.82, 2.24) is 5.32 Å². The molecule has 0 amide bonds. The standard InChI is InChI=1S/C11H19F2N/c12-11(13)5-1-4-10(11)7-9-3-2-6-14-8-9/h9-10,14H,1-8H2. The number of nitrogens with one attached hydrogen (secondary N) is 1. The van der Waals surface area contributed by atoms with Crippen molar-refractivity contribution in [1.29, 1.82) is 0 Å². The van der Waals surface area contributed by atoms with Gasteiger partial charge in [-0.25, -0.2) is 8.78 Å². The van der Waals surface area contributed by atoms with Crippen molar-refractivity contribution >= 4 is 0 Å². The maximum absolute atomic E-state index is 13.3. The molecule has 1 N–H and O–H groups in total. The fourth-order valence-corrected chi connectivity index (χ4v) is 2.82. The minimum atomic E-state index is -2.36. The molecule has 1 aliphatic heterocycles. The molecular formula is C11H19F2N. The first kappa shape index (κ1) is 10.3. The number of alkyl halides is 2. The zero-order valence-corrected chi connectivity index (χ0v) is 8.57. The Morgan fingerprint density at radius 2 is 2.07 bits per heavy atom. The van der Waals surface area contributed by atoms with Crippen LogP contribution < -0.4 is 5.32 Å². The Kier molecular flexibility index (Phi) is 3.05. The molecule has 14 heavy (non-hydrogen) atoms. The molecule has 2 unspecified atom stereocenters. The van der Waals surface area contributed by atoms with Crippen LogP contribution in [-0.2, 0) is 0 Å². The van der Waals surface area contributed by atoms with Crippen LogP contribution in [0.4, 0.5) is 8.78 Å². The largest absolute Gasteiger partial charge is 0.316 e. The fraction of sp³-hybridized carbons (Fsp3) is 1.00. The van der Waals surface area contributed by atoms with Gasteiger partial charge in [-0.05, 0) is 51.1 Å². The van der Waals surface area contributed by atoms with E-state index in [9.17, 15) is 8.78 Å². The summed E-state index contributed by atoms with van der Waals surface area (Å²) in [5.74, 6) is -2.19. The van der Waals surface area contributed by atoms with Gasteiger partial charge in [-0.1, -0.05) is 0 Å². The quantitative estimate of drug-likeness (QED) is 0.727. The fourth-order valence-electron chi connectivity index (χ4n) is 2.82. The Hall–Kier alpha value is -0.180. The molecule has 1 saturated heterocycles. The minimum Gasteiger partial charge on any atom is -0.316 e. The molecule has 0 radical (unpaired) electrons. The summed E-state index contributed by atoms with van der Waals surface area (Å²) in [6, 6.07) is 0. The van der Waals surface area contributed by atoms with Crippen molar-refractivity contribution < 1.29 is 8.78 Å². The summed E-state index contributed by atoms with van der Waals surface area (Å²) in [5, 5.41) is 3.29. The molecule has 2 aliphatic rings. The third kappa shape index (κ3) is 2.25. The molecular weight excluding hydrogens is 184 g/mol. The lowest BCUT2D eigenvalue weighted by molar-refractivity contribution is -0.0453. The first-order chi connectivity index (χ1) is 6.68. The highest BCUT2D eigenvalue weighted by molar-refractivity contribution is 4.86. The van der Waals surface area contributed by atoms with Gasteiger partial charge in [0.05, 0.1) is 0 Å². The van der Waals surface area contributed by atoms with E-state index in [2.05, 4.69) is 5.32 Å². The maximum atomic E-state index is 13.3. The lowest BCUT2D eigenvalue weighted by atomic mass is 9.87. The molecule has 3 heteroatoms. The Morgan fingerprint density at radius 1 is 1.21 bits per heavy atom. The molecule has 2 atom stereocenters. The minimum absolute atomic E-state index is 0.123. The number of halogens is 2. The van der Waals surface area contributed by atoms with E-state index in [1.165, 1.54) is 0 Å². The molecule has 1 heterocycles. The van der Waals surface area contributed by atoms with Gasteiger partial charge < -0.3 is 5.32 Å². The topological polar surface area (TPSA) is 12.0 Å². The molecule has 0 spiro atoms. The van der Waals surface area contributed by atoms with E-state index in [0.717, 1.165) is 45.2 Å². The average molecular weight is 203 g/mol. The second-order valence-electron chi connectivity index (χ2n) is 4.80. The molecule has 0 aromatic heterocycles. The third-order valence-electron chi connectivity index (χ3n) is 3.68. The van der Waals surface area contributed by atoms with Crippen molar-refractivity contribution in [3.05, 3.63) is 0 Å². The molecule has 1 saturated carbocycles. The van der Waals surface area contributed by atoms with Crippen molar-refractivity contribution in [3.8, 4) is 0 Å². The van der Waals surface area contributed by atoms with Crippen molar-refractivity contribution in [2.45, 2.75) is 44.4 Å². The van der Waals surface area contributed by atoms with Crippen LogP contribution in [0.25, 0.3) is 0 Å². The van der Waals surface area contributed by atoms with Crippen LogP contribution in [0.3, 0.4) is 0 Å². The number of piperidine rings is 1. The van der Waals surface area contributed by atoms with Gasteiger partial charge in [-0.3, -0.25) is 0 Å². The summed E-state index contributed by atoms with van der Waals surface area (Å²) in [4.78, 5) is 0. The molecule has 0 bridgehead atoms. The van der Waals surface area contributed by atoms with Gasteiger partial charge in [0, 0.05) is 12.3 Å². The van der Waals surface area contributed by atoms with Crippen LogP contribution in [0.2, 0.25) is 0 Å². The normalized spacial score (nSPS) is 37.3. The molecule has 1 nitrogen and oxygen atoms in total. The first-order valence-corrected chi connectivity index (χ1v) is 5.77. The smallest absolute Gasteiger partial charge is 0.250 e. The van der Waals surface area contributed by atoms with E-state index in [-0.39, 0.29) is 12.3 Å². The summed E-state index contributed by atoms with van der Waals surface area (Å²) in [6.45, 7) is 2.02. The van der Waals surface area contributed by atoms with E-state index in [1.54, 1.807) is 0 Å². The summed E-state index contributed by atoms with van der Waals surface area (Å²) in [6.07, 6.45) is 4.61. The van der Waals surface area contributed by atoms with Gasteiger partial charge in [0.25, 0.3) is 5.92 Å². The molecule has 82 valence electrons. The van der Waals surface area contributed by atoms with Crippen molar-refractivity contribution in [3.63, 3.8) is 0 Å².